The van der Waals surface area contributed by atoms with E-state index in [9.17, 15) is 0 Å². The van der Waals surface area contributed by atoms with Gasteiger partial charge in [0, 0.05) is 0 Å². The Labute approximate surface area is 83.7 Å². The van der Waals surface area contributed by atoms with Gasteiger partial charge in [0.1, 0.15) is 8.24 Å². The number of rotatable bonds is 6. The molecule has 1 nitrogen and oxygen atoms in total. The second-order valence-electron chi connectivity index (χ2n) is 3.60. The van der Waals surface area contributed by atoms with Crippen molar-refractivity contribution in [3.8, 4) is 0 Å². The van der Waals surface area contributed by atoms with Crippen molar-refractivity contribution in [1.29, 1.82) is 0 Å². The average molecular weight is 209 g/mol. The largest absolute Gasteiger partial charge is 0.347 e. The molecule has 0 heterocycles. The molecule has 0 aromatic heterocycles. The van der Waals surface area contributed by atoms with E-state index in [1.807, 2.05) is 22.8 Å². The maximum absolute atomic E-state index is 3.84. The Morgan fingerprint density at radius 3 is 1.46 bits per heavy atom. The lowest BCUT2D eigenvalue weighted by Gasteiger charge is -2.30. The molecule has 0 unspecified atom stereocenters. The molecular weight excluding hydrogens is 190 g/mol. The van der Waals surface area contributed by atoms with Crippen LogP contribution in [0.5, 0.6) is 0 Å². The summed E-state index contributed by atoms with van der Waals surface area (Å²) in [6, 6.07) is 0. The summed E-state index contributed by atoms with van der Waals surface area (Å²) in [5.74, 6) is 0. The van der Waals surface area contributed by atoms with E-state index in [4.69, 9.17) is 0 Å². The standard InChI is InChI=1S/C10H19NSi2/c1-7-12(5,6)11-13(8-2,9-3)10-4/h7-11H,1-4H2,5-6H3. The molecule has 72 valence electrons. The molecule has 0 radical (unpaired) electrons. The van der Waals surface area contributed by atoms with E-state index >= 15 is 0 Å². The quantitative estimate of drug-likeness (QED) is 0.663. The fraction of sp³-hybridized carbons (Fsp3) is 0.200. The van der Waals surface area contributed by atoms with E-state index in [-0.39, 0.29) is 0 Å². The van der Waals surface area contributed by atoms with Gasteiger partial charge in [-0.1, -0.05) is 35.9 Å². The smallest absolute Gasteiger partial charge is 0.192 e. The predicted molar refractivity (Wildman–Crippen MR) is 67.2 cm³/mol. The zero-order chi connectivity index (χ0) is 10.5. The van der Waals surface area contributed by atoms with Crippen molar-refractivity contribution < 1.29 is 0 Å². The SMILES string of the molecule is C=C[Si](C)(C)N[Si](C=C)(C=C)C=C. The Kier molecular flexibility index (Phi) is 4.32. The lowest BCUT2D eigenvalue weighted by Crippen LogP contribution is -2.58. The summed E-state index contributed by atoms with van der Waals surface area (Å²) in [4.78, 5) is 0. The molecule has 0 fully saturated rings. The Hall–Kier alpha value is -0.646. The highest BCUT2D eigenvalue weighted by Gasteiger charge is 2.29. The second-order valence-corrected chi connectivity index (χ2v) is 11.5. The highest BCUT2D eigenvalue weighted by atomic mass is 28.4. The van der Waals surface area contributed by atoms with E-state index in [2.05, 4.69) is 44.1 Å². The topological polar surface area (TPSA) is 12.0 Å². The molecule has 13 heavy (non-hydrogen) atoms. The first-order valence-corrected chi connectivity index (χ1v) is 9.60. The van der Waals surface area contributed by atoms with Gasteiger partial charge in [0.25, 0.3) is 0 Å². The van der Waals surface area contributed by atoms with Crippen LogP contribution in [0.25, 0.3) is 0 Å². The maximum Gasteiger partial charge on any atom is 0.192 e. The molecule has 0 aliphatic carbocycles. The first kappa shape index (κ1) is 12.4. The third-order valence-corrected chi connectivity index (χ3v) is 9.42. The fourth-order valence-electron chi connectivity index (χ4n) is 1.01. The monoisotopic (exact) mass is 209 g/mol. The van der Waals surface area contributed by atoms with E-state index < -0.39 is 16.5 Å². The Bertz CT molecular complexity index is 209. The maximum atomic E-state index is 3.84. The van der Waals surface area contributed by atoms with E-state index in [0.29, 0.717) is 0 Å². The van der Waals surface area contributed by atoms with Crippen LogP contribution in [0.1, 0.15) is 0 Å². The van der Waals surface area contributed by atoms with Crippen molar-refractivity contribution in [2.24, 2.45) is 0 Å². The average Bonchev–Trinajstić information content (AvgIpc) is 2.14. The summed E-state index contributed by atoms with van der Waals surface area (Å²) in [6.45, 7) is 19.8. The summed E-state index contributed by atoms with van der Waals surface area (Å²) < 4.78 is 3.61. The second kappa shape index (κ2) is 4.55. The fourth-order valence-corrected chi connectivity index (χ4v) is 7.61. The normalized spacial score (nSPS) is 11.8. The van der Waals surface area contributed by atoms with Crippen LogP contribution in [0.2, 0.25) is 13.1 Å². The van der Waals surface area contributed by atoms with Crippen LogP contribution in [0.3, 0.4) is 0 Å². The molecule has 0 aromatic rings. The molecular formula is C10H19NSi2. The third kappa shape index (κ3) is 3.30. The van der Waals surface area contributed by atoms with Gasteiger partial charge >= 0.3 is 0 Å². The van der Waals surface area contributed by atoms with E-state index in [1.54, 1.807) is 0 Å². The Morgan fingerprint density at radius 1 is 0.846 bits per heavy atom. The Balaban J connectivity index is 4.79. The molecule has 0 spiro atoms. The summed E-state index contributed by atoms with van der Waals surface area (Å²) in [7, 11) is -3.36. The van der Waals surface area contributed by atoms with Gasteiger partial charge in [-0.05, 0) is 0 Å². The molecule has 0 amide bonds. The number of hydrogen-bond donors (Lipinski definition) is 1. The van der Waals surface area contributed by atoms with Crippen LogP contribution >= 0.6 is 0 Å². The molecule has 0 atom stereocenters. The summed E-state index contributed by atoms with van der Waals surface area (Å²) in [5, 5.41) is 0. The first-order valence-electron chi connectivity index (χ1n) is 4.29. The predicted octanol–water partition coefficient (Wildman–Crippen LogP) is 2.63. The van der Waals surface area contributed by atoms with Gasteiger partial charge < -0.3 is 4.65 Å². The molecule has 0 aliphatic heterocycles. The van der Waals surface area contributed by atoms with Crippen molar-refractivity contribution in [1.82, 2.24) is 4.65 Å². The minimum atomic E-state index is -1.84. The van der Waals surface area contributed by atoms with Gasteiger partial charge in [-0.15, -0.1) is 26.3 Å². The highest BCUT2D eigenvalue weighted by Crippen LogP contribution is 2.09. The summed E-state index contributed by atoms with van der Waals surface area (Å²) >= 11 is 0. The van der Waals surface area contributed by atoms with Crippen LogP contribution in [-0.4, -0.2) is 16.5 Å². The summed E-state index contributed by atoms with van der Waals surface area (Å²) in [6.07, 6.45) is 0. The van der Waals surface area contributed by atoms with Crippen molar-refractivity contribution in [3.05, 3.63) is 49.1 Å². The van der Waals surface area contributed by atoms with E-state index in [1.165, 1.54) is 0 Å². The molecule has 0 bridgehead atoms. The van der Waals surface area contributed by atoms with Gasteiger partial charge in [-0.3, -0.25) is 0 Å². The van der Waals surface area contributed by atoms with Crippen LogP contribution in [-0.2, 0) is 0 Å². The van der Waals surface area contributed by atoms with Gasteiger partial charge in [0.05, 0.1) is 0 Å². The van der Waals surface area contributed by atoms with Crippen molar-refractivity contribution in [2.45, 2.75) is 13.1 Å². The van der Waals surface area contributed by atoms with Gasteiger partial charge in [-0.2, -0.15) is 0 Å². The zero-order valence-electron chi connectivity index (χ0n) is 8.64. The van der Waals surface area contributed by atoms with Crippen LogP contribution in [0.15, 0.2) is 49.1 Å². The van der Waals surface area contributed by atoms with Crippen molar-refractivity contribution in [2.75, 3.05) is 0 Å². The highest BCUT2D eigenvalue weighted by molar-refractivity contribution is 7.01. The van der Waals surface area contributed by atoms with Gasteiger partial charge in [0.2, 0.25) is 0 Å². The van der Waals surface area contributed by atoms with Crippen LogP contribution < -0.4 is 4.65 Å². The molecule has 0 saturated heterocycles. The molecule has 3 heteroatoms. The zero-order valence-corrected chi connectivity index (χ0v) is 10.6. The minimum Gasteiger partial charge on any atom is -0.347 e. The van der Waals surface area contributed by atoms with Crippen molar-refractivity contribution >= 4 is 16.5 Å². The van der Waals surface area contributed by atoms with Crippen molar-refractivity contribution in [3.63, 3.8) is 0 Å². The van der Waals surface area contributed by atoms with Crippen LogP contribution in [0, 0.1) is 0 Å². The lowest BCUT2D eigenvalue weighted by atomic mass is 11.2. The molecule has 0 rings (SSSR count). The van der Waals surface area contributed by atoms with Gasteiger partial charge in [-0.25, -0.2) is 0 Å². The Morgan fingerprint density at radius 2 is 1.23 bits per heavy atom. The van der Waals surface area contributed by atoms with E-state index in [0.717, 1.165) is 0 Å². The first-order chi connectivity index (χ1) is 5.95. The number of hydrogen-bond acceptors (Lipinski definition) is 1. The minimum absolute atomic E-state index is 1.51. The lowest BCUT2D eigenvalue weighted by molar-refractivity contribution is 1.38. The molecule has 1 N–H and O–H groups in total. The number of nitrogens with one attached hydrogen (secondary N) is 1. The molecule has 0 aromatic carbocycles. The summed E-state index contributed by atoms with van der Waals surface area (Å²) in [5.41, 5.74) is 7.87. The molecule has 0 saturated carbocycles. The van der Waals surface area contributed by atoms with Crippen LogP contribution in [0.4, 0.5) is 0 Å². The van der Waals surface area contributed by atoms with Gasteiger partial charge in [0.15, 0.2) is 8.24 Å². The third-order valence-electron chi connectivity index (χ3n) is 2.06. The molecule has 0 aliphatic rings.